The van der Waals surface area contributed by atoms with Gasteiger partial charge < -0.3 is 15.2 Å². The number of aliphatic hydroxyl groups excluding tert-OH is 1. The number of ether oxygens (including phenoxy) is 1. The Morgan fingerprint density at radius 3 is 2.86 bits per heavy atom. The lowest BCUT2D eigenvalue weighted by Crippen LogP contribution is -2.50. The van der Waals surface area contributed by atoms with Crippen LogP contribution in [-0.2, 0) is 9.53 Å². The van der Waals surface area contributed by atoms with Gasteiger partial charge in [-0.25, -0.2) is 0 Å². The van der Waals surface area contributed by atoms with E-state index in [1.807, 2.05) is 13.8 Å². The first-order valence-corrected chi connectivity index (χ1v) is 5.12. The number of hydrogen-bond donors (Lipinski definition) is 2. The van der Waals surface area contributed by atoms with Gasteiger partial charge in [-0.05, 0) is 19.8 Å². The zero-order chi connectivity index (χ0) is 10.6. The summed E-state index contributed by atoms with van der Waals surface area (Å²) in [6.45, 7) is 4.95. The topological polar surface area (TPSA) is 58.6 Å². The van der Waals surface area contributed by atoms with Crippen molar-refractivity contribution >= 4 is 5.91 Å². The molecule has 1 saturated heterocycles. The summed E-state index contributed by atoms with van der Waals surface area (Å²) in [5.41, 5.74) is -0.486. The SMILES string of the molecule is CCC(C)(CO)NC(=O)C1CCOC1. The number of amides is 1. The van der Waals surface area contributed by atoms with Crippen molar-refractivity contribution in [3.8, 4) is 0 Å². The molecule has 0 bridgehead atoms. The number of rotatable bonds is 4. The van der Waals surface area contributed by atoms with Gasteiger partial charge in [0.25, 0.3) is 0 Å². The average Bonchev–Trinajstić information content (AvgIpc) is 2.70. The molecular formula is C10H19NO3. The van der Waals surface area contributed by atoms with E-state index >= 15 is 0 Å². The second-order valence-corrected chi connectivity index (χ2v) is 4.12. The molecule has 82 valence electrons. The lowest BCUT2D eigenvalue weighted by Gasteiger charge is -2.28. The van der Waals surface area contributed by atoms with Gasteiger partial charge in [0.15, 0.2) is 0 Å². The van der Waals surface area contributed by atoms with Gasteiger partial charge in [0.1, 0.15) is 0 Å². The van der Waals surface area contributed by atoms with E-state index in [4.69, 9.17) is 9.84 Å². The van der Waals surface area contributed by atoms with Crippen molar-refractivity contribution in [2.75, 3.05) is 19.8 Å². The third kappa shape index (κ3) is 2.69. The molecule has 1 amide bonds. The Hall–Kier alpha value is -0.610. The minimum atomic E-state index is -0.486. The minimum Gasteiger partial charge on any atom is -0.394 e. The Labute approximate surface area is 84.6 Å². The standard InChI is InChI=1S/C10H19NO3/c1-3-10(2,7-12)11-9(13)8-4-5-14-6-8/h8,12H,3-7H2,1-2H3,(H,11,13). The number of carbonyl (C=O) groups excluding carboxylic acids is 1. The van der Waals surface area contributed by atoms with E-state index in [1.54, 1.807) is 0 Å². The normalized spacial score (nSPS) is 25.8. The van der Waals surface area contributed by atoms with Crippen LogP contribution in [0.15, 0.2) is 0 Å². The van der Waals surface area contributed by atoms with Crippen LogP contribution in [0.1, 0.15) is 26.7 Å². The molecule has 14 heavy (non-hydrogen) atoms. The molecule has 2 unspecified atom stereocenters. The van der Waals surface area contributed by atoms with Crippen molar-refractivity contribution in [1.29, 1.82) is 0 Å². The molecule has 0 aliphatic carbocycles. The zero-order valence-electron chi connectivity index (χ0n) is 8.88. The summed E-state index contributed by atoms with van der Waals surface area (Å²) in [5, 5.41) is 12.0. The predicted molar refractivity (Wildman–Crippen MR) is 52.9 cm³/mol. The maximum absolute atomic E-state index is 11.7. The van der Waals surface area contributed by atoms with Crippen LogP contribution in [-0.4, -0.2) is 36.4 Å². The van der Waals surface area contributed by atoms with Gasteiger partial charge in [0.2, 0.25) is 5.91 Å². The highest BCUT2D eigenvalue weighted by Crippen LogP contribution is 2.15. The van der Waals surface area contributed by atoms with Gasteiger partial charge in [0, 0.05) is 6.61 Å². The van der Waals surface area contributed by atoms with Crippen molar-refractivity contribution < 1.29 is 14.6 Å². The second kappa shape index (κ2) is 4.75. The van der Waals surface area contributed by atoms with E-state index in [1.165, 1.54) is 0 Å². The molecule has 1 fully saturated rings. The monoisotopic (exact) mass is 201 g/mol. The van der Waals surface area contributed by atoms with E-state index in [-0.39, 0.29) is 18.4 Å². The van der Waals surface area contributed by atoms with E-state index in [0.29, 0.717) is 13.2 Å². The Balaban J connectivity index is 2.45. The summed E-state index contributed by atoms with van der Waals surface area (Å²) in [6, 6.07) is 0. The van der Waals surface area contributed by atoms with E-state index in [0.717, 1.165) is 12.8 Å². The lowest BCUT2D eigenvalue weighted by atomic mass is 9.98. The molecule has 4 nitrogen and oxygen atoms in total. The Bertz CT molecular complexity index is 196. The number of aliphatic hydroxyl groups is 1. The quantitative estimate of drug-likeness (QED) is 0.687. The van der Waals surface area contributed by atoms with E-state index < -0.39 is 5.54 Å². The molecule has 1 aliphatic rings. The number of carbonyl (C=O) groups is 1. The van der Waals surface area contributed by atoms with Crippen molar-refractivity contribution in [1.82, 2.24) is 5.32 Å². The van der Waals surface area contributed by atoms with Crippen LogP contribution >= 0.6 is 0 Å². The van der Waals surface area contributed by atoms with E-state index in [9.17, 15) is 4.79 Å². The van der Waals surface area contributed by atoms with Gasteiger partial charge in [-0.1, -0.05) is 6.92 Å². The Kier molecular flexibility index (Phi) is 3.89. The van der Waals surface area contributed by atoms with Gasteiger partial charge in [-0.15, -0.1) is 0 Å². The fourth-order valence-corrected chi connectivity index (χ4v) is 1.38. The summed E-state index contributed by atoms with van der Waals surface area (Å²) >= 11 is 0. The van der Waals surface area contributed by atoms with Crippen LogP contribution < -0.4 is 5.32 Å². The van der Waals surface area contributed by atoms with Crippen LogP contribution in [0.2, 0.25) is 0 Å². The largest absolute Gasteiger partial charge is 0.394 e. The summed E-state index contributed by atoms with van der Waals surface area (Å²) in [5.74, 6) is -0.0340. The van der Waals surface area contributed by atoms with E-state index in [2.05, 4.69) is 5.32 Å². The van der Waals surface area contributed by atoms with Gasteiger partial charge in [-0.2, -0.15) is 0 Å². The van der Waals surface area contributed by atoms with Gasteiger partial charge in [-0.3, -0.25) is 4.79 Å². The molecule has 1 aliphatic heterocycles. The summed E-state index contributed by atoms with van der Waals surface area (Å²) < 4.78 is 5.14. The molecule has 4 heteroatoms. The fourth-order valence-electron chi connectivity index (χ4n) is 1.38. The van der Waals surface area contributed by atoms with Crippen LogP contribution in [0.5, 0.6) is 0 Å². The van der Waals surface area contributed by atoms with Crippen LogP contribution in [0.4, 0.5) is 0 Å². The molecule has 1 rings (SSSR count). The molecule has 1 heterocycles. The van der Waals surface area contributed by atoms with Crippen LogP contribution in [0, 0.1) is 5.92 Å². The first kappa shape index (κ1) is 11.5. The predicted octanol–water partition coefficient (Wildman–Crippen LogP) is 0.300. The lowest BCUT2D eigenvalue weighted by molar-refractivity contribution is -0.127. The average molecular weight is 201 g/mol. The Morgan fingerprint density at radius 2 is 2.43 bits per heavy atom. The smallest absolute Gasteiger partial charge is 0.226 e. The van der Waals surface area contributed by atoms with Crippen LogP contribution in [0.3, 0.4) is 0 Å². The summed E-state index contributed by atoms with van der Waals surface area (Å²) in [4.78, 5) is 11.7. The van der Waals surface area contributed by atoms with Gasteiger partial charge in [0.05, 0.1) is 24.7 Å². The molecule has 0 aromatic rings. The molecule has 0 aromatic carbocycles. The van der Waals surface area contributed by atoms with Crippen molar-refractivity contribution in [2.45, 2.75) is 32.2 Å². The first-order valence-electron chi connectivity index (χ1n) is 5.12. The first-order chi connectivity index (χ1) is 6.61. The van der Waals surface area contributed by atoms with Crippen molar-refractivity contribution in [2.24, 2.45) is 5.92 Å². The molecule has 0 saturated carbocycles. The molecule has 0 radical (unpaired) electrons. The van der Waals surface area contributed by atoms with Crippen molar-refractivity contribution in [3.05, 3.63) is 0 Å². The second-order valence-electron chi connectivity index (χ2n) is 4.12. The van der Waals surface area contributed by atoms with Gasteiger partial charge >= 0.3 is 0 Å². The zero-order valence-corrected chi connectivity index (χ0v) is 8.88. The third-order valence-electron chi connectivity index (χ3n) is 2.85. The maximum Gasteiger partial charge on any atom is 0.226 e. The fraction of sp³-hybridized carbons (Fsp3) is 0.900. The maximum atomic E-state index is 11.7. The molecule has 2 atom stereocenters. The minimum absolute atomic E-state index is 0.000833. The molecular weight excluding hydrogens is 182 g/mol. The summed E-state index contributed by atoms with van der Waals surface area (Å²) in [7, 11) is 0. The molecule has 2 N–H and O–H groups in total. The molecule has 0 spiro atoms. The van der Waals surface area contributed by atoms with Crippen LogP contribution in [0.25, 0.3) is 0 Å². The number of hydrogen-bond acceptors (Lipinski definition) is 3. The van der Waals surface area contributed by atoms with Crippen molar-refractivity contribution in [3.63, 3.8) is 0 Å². The summed E-state index contributed by atoms with van der Waals surface area (Å²) in [6.07, 6.45) is 1.51. The third-order valence-corrected chi connectivity index (χ3v) is 2.85. The highest BCUT2D eigenvalue weighted by atomic mass is 16.5. The highest BCUT2D eigenvalue weighted by Gasteiger charge is 2.29. The number of nitrogens with one attached hydrogen (secondary N) is 1. The Morgan fingerprint density at radius 1 is 1.71 bits per heavy atom. The molecule has 0 aromatic heterocycles. The highest BCUT2D eigenvalue weighted by molar-refractivity contribution is 5.79.